The quantitative estimate of drug-likeness (QED) is 0.263. The lowest BCUT2D eigenvalue weighted by molar-refractivity contribution is 0.381. The average molecular weight is 300 g/mol. The highest BCUT2D eigenvalue weighted by molar-refractivity contribution is 6.77. The predicted molar refractivity (Wildman–Crippen MR) is 97.1 cm³/mol. The van der Waals surface area contributed by atoms with Gasteiger partial charge in [0.25, 0.3) is 0 Å². The van der Waals surface area contributed by atoms with Crippen molar-refractivity contribution < 1.29 is 0 Å². The van der Waals surface area contributed by atoms with Gasteiger partial charge < -0.3 is 4.57 Å². The van der Waals surface area contributed by atoms with Gasteiger partial charge in [-0.3, -0.25) is 0 Å². The highest BCUT2D eigenvalue weighted by atomic mass is 28.3. The van der Waals surface area contributed by atoms with Crippen molar-refractivity contribution >= 4 is 8.24 Å². The summed E-state index contributed by atoms with van der Waals surface area (Å²) in [6, 6.07) is 4.34. The Hall–Kier alpha value is 0.177. The molecule has 0 unspecified atom stereocenters. The number of nitrogens with zero attached hydrogens (tertiary/aromatic N) is 1. The van der Waals surface area contributed by atoms with E-state index in [1.807, 2.05) is 0 Å². The number of unbranched alkanes of at least 4 members (excludes halogenated alkanes) is 6. The zero-order chi connectivity index (χ0) is 15.3. The van der Waals surface area contributed by atoms with Gasteiger partial charge in [0.05, 0.1) is 0 Å². The topological polar surface area (TPSA) is 3.24 Å². The summed E-state index contributed by atoms with van der Waals surface area (Å²) in [5.74, 6) is 0. The van der Waals surface area contributed by atoms with Crippen LogP contribution >= 0.6 is 0 Å². The molecule has 0 amide bonds. The molecule has 0 saturated heterocycles. The van der Waals surface area contributed by atoms with Crippen LogP contribution in [0.1, 0.15) is 86.0 Å². The highest BCUT2D eigenvalue weighted by Crippen LogP contribution is 2.26. The summed E-state index contributed by atoms with van der Waals surface area (Å²) in [5.41, 5.74) is 0. The van der Waals surface area contributed by atoms with Gasteiger partial charge in [0.1, 0.15) is 8.24 Å². The summed E-state index contributed by atoms with van der Waals surface area (Å²) in [6.07, 6.45) is 11.3. The van der Waals surface area contributed by atoms with Crippen molar-refractivity contribution in [3.05, 3.63) is 0 Å². The van der Waals surface area contributed by atoms with E-state index in [4.69, 9.17) is 0 Å². The zero-order valence-electron chi connectivity index (χ0n) is 15.1. The van der Waals surface area contributed by atoms with Crippen molar-refractivity contribution in [3.8, 4) is 0 Å². The van der Waals surface area contributed by atoms with E-state index in [0.717, 1.165) is 0 Å². The molecule has 0 aromatic carbocycles. The minimum Gasteiger partial charge on any atom is -0.323 e. The van der Waals surface area contributed by atoms with E-state index in [0.29, 0.717) is 0 Å². The van der Waals surface area contributed by atoms with Crippen LogP contribution in [-0.4, -0.2) is 25.9 Å². The maximum atomic E-state index is 2.98. The van der Waals surface area contributed by atoms with E-state index in [-0.39, 0.29) is 0 Å². The molecule has 0 rings (SSSR count). The molecule has 1 nitrogen and oxygen atoms in total. The minimum absolute atomic E-state index is 1.13. The first-order chi connectivity index (χ1) is 9.70. The number of hydrogen-bond donors (Lipinski definition) is 0. The minimum atomic E-state index is -1.13. The molecule has 0 radical (unpaired) electrons. The SMILES string of the molecule is CCCCCCN(CCCCCC)[Si](CC)(CC)CC. The molecule has 0 saturated carbocycles. The van der Waals surface area contributed by atoms with Gasteiger partial charge in [-0.15, -0.1) is 0 Å². The van der Waals surface area contributed by atoms with E-state index in [1.54, 1.807) is 0 Å². The molecule has 0 bridgehead atoms. The van der Waals surface area contributed by atoms with Crippen LogP contribution in [0.2, 0.25) is 18.1 Å². The van der Waals surface area contributed by atoms with E-state index in [9.17, 15) is 0 Å². The van der Waals surface area contributed by atoms with Crippen molar-refractivity contribution in [1.82, 2.24) is 4.57 Å². The molecule has 0 aromatic heterocycles. The van der Waals surface area contributed by atoms with Gasteiger partial charge in [0, 0.05) is 0 Å². The second kappa shape index (κ2) is 12.9. The molecular formula is C18H41NSi. The number of rotatable bonds is 14. The Kier molecular flexibility index (Phi) is 13.0. The molecule has 0 N–H and O–H groups in total. The third kappa shape index (κ3) is 7.26. The van der Waals surface area contributed by atoms with Crippen LogP contribution in [0.3, 0.4) is 0 Å². The fourth-order valence-corrected chi connectivity index (χ4v) is 7.57. The Morgan fingerprint density at radius 2 is 0.950 bits per heavy atom. The van der Waals surface area contributed by atoms with E-state index in [1.165, 1.54) is 82.6 Å². The largest absolute Gasteiger partial charge is 0.323 e. The van der Waals surface area contributed by atoms with E-state index < -0.39 is 8.24 Å². The Labute approximate surface area is 130 Å². The van der Waals surface area contributed by atoms with Gasteiger partial charge in [0.2, 0.25) is 0 Å². The summed E-state index contributed by atoms with van der Waals surface area (Å²) in [7, 11) is -1.13. The molecule has 0 heterocycles. The smallest absolute Gasteiger partial charge is 0.127 e. The Morgan fingerprint density at radius 1 is 0.550 bits per heavy atom. The lowest BCUT2D eigenvalue weighted by Crippen LogP contribution is -2.52. The maximum Gasteiger partial charge on any atom is 0.127 e. The van der Waals surface area contributed by atoms with Crippen molar-refractivity contribution in [1.29, 1.82) is 0 Å². The van der Waals surface area contributed by atoms with Crippen LogP contribution in [0.5, 0.6) is 0 Å². The maximum absolute atomic E-state index is 2.98. The molecule has 0 atom stereocenters. The van der Waals surface area contributed by atoms with Gasteiger partial charge in [-0.25, -0.2) is 0 Å². The van der Waals surface area contributed by atoms with Gasteiger partial charge in [-0.2, -0.15) is 0 Å². The summed E-state index contributed by atoms with van der Waals surface area (Å²) >= 11 is 0. The standard InChI is InChI=1S/C18H41NSi/c1-6-11-13-15-17-19(18-16-14-12-7-2)20(8-3,9-4)10-5/h6-18H2,1-5H3. The molecule has 0 aliphatic rings. The van der Waals surface area contributed by atoms with Crippen molar-refractivity contribution in [2.45, 2.75) is 104 Å². The van der Waals surface area contributed by atoms with Crippen LogP contribution in [0, 0.1) is 0 Å². The Balaban J connectivity index is 4.42. The first kappa shape index (κ1) is 20.2. The third-order valence-corrected chi connectivity index (χ3v) is 10.9. The first-order valence-corrected chi connectivity index (χ1v) is 12.0. The number of hydrogen-bond acceptors (Lipinski definition) is 1. The van der Waals surface area contributed by atoms with Crippen molar-refractivity contribution in [2.24, 2.45) is 0 Å². The molecule has 0 spiro atoms. The molecule has 0 aliphatic carbocycles. The Bertz CT molecular complexity index is 181. The van der Waals surface area contributed by atoms with Crippen molar-refractivity contribution in [3.63, 3.8) is 0 Å². The fourth-order valence-electron chi connectivity index (χ4n) is 3.47. The van der Waals surface area contributed by atoms with Crippen LogP contribution in [-0.2, 0) is 0 Å². The second-order valence-electron chi connectivity index (χ2n) is 6.39. The molecule has 122 valence electrons. The van der Waals surface area contributed by atoms with Gasteiger partial charge >= 0.3 is 0 Å². The molecule has 20 heavy (non-hydrogen) atoms. The molecule has 0 aromatic rings. The van der Waals surface area contributed by atoms with E-state index in [2.05, 4.69) is 39.2 Å². The lowest BCUT2D eigenvalue weighted by atomic mass is 10.2. The van der Waals surface area contributed by atoms with Crippen LogP contribution in [0.4, 0.5) is 0 Å². The van der Waals surface area contributed by atoms with E-state index >= 15 is 0 Å². The molecule has 0 fully saturated rings. The summed E-state index contributed by atoms with van der Waals surface area (Å²) in [6.45, 7) is 14.7. The normalized spacial score (nSPS) is 12.3. The van der Waals surface area contributed by atoms with Gasteiger partial charge in [-0.05, 0) is 44.1 Å². The van der Waals surface area contributed by atoms with Crippen molar-refractivity contribution in [2.75, 3.05) is 13.1 Å². The monoisotopic (exact) mass is 299 g/mol. The van der Waals surface area contributed by atoms with Crippen LogP contribution in [0.25, 0.3) is 0 Å². The van der Waals surface area contributed by atoms with Crippen LogP contribution < -0.4 is 0 Å². The summed E-state index contributed by atoms with van der Waals surface area (Å²) in [5, 5.41) is 0. The summed E-state index contributed by atoms with van der Waals surface area (Å²) < 4.78 is 2.98. The second-order valence-corrected chi connectivity index (χ2v) is 11.6. The van der Waals surface area contributed by atoms with Gasteiger partial charge in [0.15, 0.2) is 0 Å². The average Bonchev–Trinajstić information content (AvgIpc) is 2.49. The predicted octanol–water partition coefficient (Wildman–Crippen LogP) is 6.45. The first-order valence-electron chi connectivity index (χ1n) is 9.45. The third-order valence-electron chi connectivity index (χ3n) is 5.21. The lowest BCUT2D eigenvalue weighted by Gasteiger charge is -2.41. The summed E-state index contributed by atoms with van der Waals surface area (Å²) in [4.78, 5) is 0. The highest BCUT2D eigenvalue weighted by Gasteiger charge is 2.33. The molecular weight excluding hydrogens is 258 g/mol. The Morgan fingerprint density at radius 3 is 1.25 bits per heavy atom. The zero-order valence-corrected chi connectivity index (χ0v) is 16.1. The fraction of sp³-hybridized carbons (Fsp3) is 1.00. The van der Waals surface area contributed by atoms with Crippen LogP contribution in [0.15, 0.2) is 0 Å². The molecule has 2 heteroatoms. The molecule has 0 aliphatic heterocycles. The van der Waals surface area contributed by atoms with Gasteiger partial charge in [-0.1, -0.05) is 73.1 Å².